The first kappa shape index (κ1) is 18.1. The number of benzene rings is 2. The van der Waals surface area contributed by atoms with Crippen LogP contribution in [-0.4, -0.2) is 26.7 Å². The predicted octanol–water partition coefficient (Wildman–Crippen LogP) is 2.46. The quantitative estimate of drug-likeness (QED) is 0.768. The lowest BCUT2D eigenvalue weighted by Crippen LogP contribution is -2.32. The summed E-state index contributed by atoms with van der Waals surface area (Å²) in [5.74, 6) is -0.613. The van der Waals surface area contributed by atoms with Gasteiger partial charge in [-0.05, 0) is 49.4 Å². The molecular formula is C16H15ClN2O4S. The highest BCUT2D eigenvalue weighted by molar-refractivity contribution is 7.89. The molecule has 0 unspecified atom stereocenters. The van der Waals surface area contributed by atoms with Crippen LogP contribution in [0.3, 0.4) is 0 Å². The van der Waals surface area contributed by atoms with Gasteiger partial charge in [0.1, 0.15) is 0 Å². The number of rotatable bonds is 6. The fraction of sp³-hybridized carbons (Fsp3) is 0.125. The Morgan fingerprint density at radius 2 is 1.75 bits per heavy atom. The fourth-order valence-corrected chi connectivity index (χ4v) is 3.15. The van der Waals surface area contributed by atoms with Crippen molar-refractivity contribution in [1.29, 1.82) is 0 Å². The van der Waals surface area contributed by atoms with Crippen molar-refractivity contribution in [3.63, 3.8) is 0 Å². The summed E-state index contributed by atoms with van der Waals surface area (Å²) in [7, 11) is -3.83. The van der Waals surface area contributed by atoms with Gasteiger partial charge in [0, 0.05) is 16.3 Å². The van der Waals surface area contributed by atoms with Gasteiger partial charge in [0.25, 0.3) is 0 Å². The van der Waals surface area contributed by atoms with Crippen LogP contribution >= 0.6 is 11.6 Å². The molecule has 2 aromatic rings. The summed E-state index contributed by atoms with van der Waals surface area (Å²) in [6.07, 6.45) is 0. The van der Waals surface area contributed by atoms with E-state index in [2.05, 4.69) is 10.0 Å². The van der Waals surface area contributed by atoms with Gasteiger partial charge >= 0.3 is 0 Å². The highest BCUT2D eigenvalue weighted by Gasteiger charge is 2.15. The number of carbonyl (C=O) groups excluding carboxylic acids is 2. The largest absolute Gasteiger partial charge is 0.325 e. The van der Waals surface area contributed by atoms with Gasteiger partial charge < -0.3 is 5.32 Å². The normalized spacial score (nSPS) is 11.1. The highest BCUT2D eigenvalue weighted by Crippen LogP contribution is 2.15. The molecule has 0 radical (unpaired) electrons. The minimum absolute atomic E-state index is 0.0198. The standard InChI is InChI=1S/C16H15ClN2O4S/c1-11(20)12-5-7-14(8-6-12)19-16(21)10-18-24(22,23)15-4-2-3-13(17)9-15/h2-9,18H,10H2,1H3,(H,19,21). The molecule has 0 aliphatic carbocycles. The molecule has 0 bridgehead atoms. The van der Waals surface area contributed by atoms with Crippen LogP contribution in [-0.2, 0) is 14.8 Å². The average molecular weight is 367 g/mol. The van der Waals surface area contributed by atoms with Gasteiger partial charge in [0.2, 0.25) is 15.9 Å². The molecule has 6 nitrogen and oxygen atoms in total. The number of carbonyl (C=O) groups is 2. The van der Waals surface area contributed by atoms with Crippen LogP contribution in [0.4, 0.5) is 5.69 Å². The highest BCUT2D eigenvalue weighted by atomic mass is 35.5. The molecule has 0 spiro atoms. The van der Waals surface area contributed by atoms with E-state index < -0.39 is 22.5 Å². The van der Waals surface area contributed by atoms with Gasteiger partial charge in [-0.25, -0.2) is 13.1 Å². The number of amides is 1. The van der Waals surface area contributed by atoms with Crippen molar-refractivity contribution in [3.05, 3.63) is 59.1 Å². The molecule has 0 aliphatic rings. The van der Waals surface area contributed by atoms with Gasteiger partial charge in [-0.1, -0.05) is 17.7 Å². The van der Waals surface area contributed by atoms with Crippen molar-refractivity contribution < 1.29 is 18.0 Å². The Labute approximate surface area is 144 Å². The molecule has 2 aromatic carbocycles. The van der Waals surface area contributed by atoms with E-state index in [0.717, 1.165) is 0 Å². The van der Waals surface area contributed by atoms with Gasteiger partial charge in [0.15, 0.2) is 5.78 Å². The Kier molecular flexibility index (Phi) is 5.71. The Hall–Kier alpha value is -2.22. The summed E-state index contributed by atoms with van der Waals surface area (Å²) < 4.78 is 26.3. The molecule has 0 heterocycles. The third kappa shape index (κ3) is 4.89. The number of ketones is 1. The van der Waals surface area contributed by atoms with Gasteiger partial charge in [0.05, 0.1) is 11.4 Å². The summed E-state index contributed by atoms with van der Waals surface area (Å²) in [5, 5.41) is 2.83. The minimum Gasteiger partial charge on any atom is -0.325 e. The Morgan fingerprint density at radius 3 is 2.33 bits per heavy atom. The van der Waals surface area contributed by atoms with Crippen LogP contribution < -0.4 is 10.0 Å². The zero-order valence-corrected chi connectivity index (χ0v) is 14.3. The number of anilines is 1. The zero-order chi connectivity index (χ0) is 17.7. The van der Waals surface area contributed by atoms with Crippen LogP contribution in [0.2, 0.25) is 5.02 Å². The van der Waals surface area contributed by atoms with Crippen LogP contribution in [0.5, 0.6) is 0 Å². The molecule has 0 fully saturated rings. The summed E-state index contributed by atoms with van der Waals surface area (Å²) in [6, 6.07) is 12.0. The topological polar surface area (TPSA) is 92.3 Å². The SMILES string of the molecule is CC(=O)c1ccc(NC(=O)CNS(=O)(=O)c2cccc(Cl)c2)cc1. The molecule has 126 valence electrons. The van der Waals surface area contributed by atoms with Gasteiger partial charge in [-0.2, -0.15) is 0 Å². The van der Waals surface area contributed by atoms with Crippen LogP contribution in [0.25, 0.3) is 0 Å². The molecule has 1 amide bonds. The van der Waals surface area contributed by atoms with Crippen molar-refractivity contribution in [2.75, 3.05) is 11.9 Å². The van der Waals surface area contributed by atoms with Crippen molar-refractivity contribution >= 4 is 39.0 Å². The maximum absolute atomic E-state index is 12.1. The summed E-state index contributed by atoms with van der Waals surface area (Å²) >= 11 is 5.76. The third-order valence-corrected chi connectivity index (χ3v) is 4.74. The first-order valence-electron chi connectivity index (χ1n) is 6.94. The molecule has 0 saturated heterocycles. The molecule has 8 heteroatoms. The van der Waals surface area contributed by atoms with E-state index in [4.69, 9.17) is 11.6 Å². The van der Waals surface area contributed by atoms with E-state index in [0.29, 0.717) is 11.3 Å². The first-order chi connectivity index (χ1) is 11.3. The van der Waals surface area contributed by atoms with Crippen molar-refractivity contribution in [2.24, 2.45) is 0 Å². The van der Waals surface area contributed by atoms with Crippen molar-refractivity contribution in [1.82, 2.24) is 4.72 Å². The van der Waals surface area contributed by atoms with E-state index >= 15 is 0 Å². The Bertz CT molecular complexity index is 864. The second-order valence-electron chi connectivity index (χ2n) is 4.96. The second-order valence-corrected chi connectivity index (χ2v) is 7.17. The first-order valence-corrected chi connectivity index (χ1v) is 8.80. The van der Waals surface area contributed by atoms with Crippen LogP contribution in [0.15, 0.2) is 53.4 Å². The monoisotopic (exact) mass is 366 g/mol. The number of nitrogens with one attached hydrogen (secondary N) is 2. The van der Waals surface area contributed by atoms with E-state index in [1.54, 1.807) is 30.3 Å². The number of Topliss-reactive ketones (excluding diaryl/α,β-unsaturated/α-hetero) is 1. The molecule has 2 N–H and O–H groups in total. The number of hydrogen-bond donors (Lipinski definition) is 2. The lowest BCUT2D eigenvalue weighted by Gasteiger charge is -2.08. The molecule has 0 aliphatic heterocycles. The summed E-state index contributed by atoms with van der Waals surface area (Å²) in [6.45, 7) is 1.02. The average Bonchev–Trinajstić information content (AvgIpc) is 2.53. The van der Waals surface area contributed by atoms with Crippen molar-refractivity contribution in [3.8, 4) is 0 Å². The molecule has 0 saturated carbocycles. The molecule has 0 aromatic heterocycles. The molecule has 2 rings (SSSR count). The van der Waals surface area contributed by atoms with Gasteiger partial charge in [-0.15, -0.1) is 0 Å². The number of halogens is 1. The maximum atomic E-state index is 12.1. The molecular weight excluding hydrogens is 352 g/mol. The third-order valence-electron chi connectivity index (χ3n) is 3.10. The van der Waals surface area contributed by atoms with E-state index in [1.165, 1.54) is 25.1 Å². The van der Waals surface area contributed by atoms with Crippen molar-refractivity contribution in [2.45, 2.75) is 11.8 Å². The summed E-state index contributed by atoms with van der Waals surface area (Å²) in [4.78, 5) is 23.0. The second kappa shape index (κ2) is 7.57. The van der Waals surface area contributed by atoms with Gasteiger partial charge in [-0.3, -0.25) is 9.59 Å². The van der Waals surface area contributed by atoms with E-state index in [-0.39, 0.29) is 15.7 Å². The lowest BCUT2D eigenvalue weighted by molar-refractivity contribution is -0.115. The Balaban J connectivity index is 1.96. The molecule has 24 heavy (non-hydrogen) atoms. The lowest BCUT2D eigenvalue weighted by atomic mass is 10.1. The predicted molar refractivity (Wildman–Crippen MR) is 91.7 cm³/mol. The van der Waals surface area contributed by atoms with Crippen LogP contribution in [0.1, 0.15) is 17.3 Å². The number of sulfonamides is 1. The fourth-order valence-electron chi connectivity index (χ4n) is 1.87. The zero-order valence-electron chi connectivity index (χ0n) is 12.7. The number of hydrogen-bond acceptors (Lipinski definition) is 4. The molecule has 0 atom stereocenters. The Morgan fingerprint density at radius 1 is 1.08 bits per heavy atom. The van der Waals surface area contributed by atoms with E-state index in [9.17, 15) is 18.0 Å². The van der Waals surface area contributed by atoms with Crippen LogP contribution in [0, 0.1) is 0 Å². The maximum Gasteiger partial charge on any atom is 0.241 e. The summed E-state index contributed by atoms with van der Waals surface area (Å²) in [5.41, 5.74) is 0.988. The smallest absolute Gasteiger partial charge is 0.241 e. The van der Waals surface area contributed by atoms with E-state index in [1.807, 2.05) is 0 Å². The minimum atomic E-state index is -3.83.